The topological polar surface area (TPSA) is 87.5 Å². The zero-order valence-corrected chi connectivity index (χ0v) is 14.3. The van der Waals surface area contributed by atoms with E-state index in [0.717, 1.165) is 45.4 Å². The standard InChI is InChI=1S/C18H24N4O3/c19-11-15-3-1-7-20-17(15)25-13-14-5-8-22(9-6-14)18(23)21-12-16-4-2-10-24-16/h1,3,7,14,16H,2,4-6,8-10,12-13H2,(H,21,23). The Morgan fingerprint density at radius 3 is 3.00 bits per heavy atom. The number of piperidine rings is 1. The van der Waals surface area contributed by atoms with Crippen LogP contribution in [0.25, 0.3) is 0 Å². The van der Waals surface area contributed by atoms with Crippen molar-refractivity contribution in [3.63, 3.8) is 0 Å². The van der Waals surface area contributed by atoms with Gasteiger partial charge in [0.25, 0.3) is 0 Å². The Balaban J connectivity index is 1.38. The second-order valence-corrected chi connectivity index (χ2v) is 6.53. The number of aromatic nitrogens is 1. The van der Waals surface area contributed by atoms with Crippen molar-refractivity contribution in [3.05, 3.63) is 23.9 Å². The van der Waals surface area contributed by atoms with Crippen molar-refractivity contribution in [3.8, 4) is 11.9 Å². The Labute approximate surface area is 147 Å². The van der Waals surface area contributed by atoms with Gasteiger partial charge in [-0.2, -0.15) is 5.26 Å². The molecule has 3 rings (SSSR count). The van der Waals surface area contributed by atoms with Crippen molar-refractivity contribution in [2.24, 2.45) is 5.92 Å². The summed E-state index contributed by atoms with van der Waals surface area (Å²) < 4.78 is 11.2. The molecule has 0 spiro atoms. The number of nitrogens with zero attached hydrogens (tertiary/aromatic N) is 3. The van der Waals surface area contributed by atoms with E-state index in [-0.39, 0.29) is 12.1 Å². The summed E-state index contributed by atoms with van der Waals surface area (Å²) in [5.74, 6) is 0.762. The monoisotopic (exact) mass is 344 g/mol. The highest BCUT2D eigenvalue weighted by Crippen LogP contribution is 2.20. The molecule has 0 radical (unpaired) electrons. The fourth-order valence-electron chi connectivity index (χ4n) is 3.21. The molecule has 3 heterocycles. The molecular weight excluding hydrogens is 320 g/mol. The van der Waals surface area contributed by atoms with Gasteiger partial charge in [-0.3, -0.25) is 0 Å². The molecule has 1 aromatic heterocycles. The van der Waals surface area contributed by atoms with Crippen molar-refractivity contribution >= 4 is 6.03 Å². The molecule has 2 saturated heterocycles. The van der Waals surface area contributed by atoms with Crippen LogP contribution >= 0.6 is 0 Å². The summed E-state index contributed by atoms with van der Waals surface area (Å²) in [7, 11) is 0. The molecule has 1 unspecified atom stereocenters. The minimum Gasteiger partial charge on any atom is -0.476 e. The van der Waals surface area contributed by atoms with E-state index < -0.39 is 0 Å². The maximum atomic E-state index is 12.2. The fourth-order valence-corrected chi connectivity index (χ4v) is 3.21. The lowest BCUT2D eigenvalue weighted by Crippen LogP contribution is -2.46. The maximum Gasteiger partial charge on any atom is 0.317 e. The number of urea groups is 1. The average molecular weight is 344 g/mol. The van der Waals surface area contributed by atoms with Crippen LogP contribution in [0.3, 0.4) is 0 Å². The number of pyridine rings is 1. The molecule has 7 heteroatoms. The number of hydrogen-bond acceptors (Lipinski definition) is 5. The van der Waals surface area contributed by atoms with Gasteiger partial charge in [0.05, 0.1) is 12.7 Å². The van der Waals surface area contributed by atoms with Crippen LogP contribution in [0, 0.1) is 17.2 Å². The summed E-state index contributed by atoms with van der Waals surface area (Å²) in [6.07, 6.45) is 5.68. The van der Waals surface area contributed by atoms with Crippen LogP contribution in [0.1, 0.15) is 31.2 Å². The van der Waals surface area contributed by atoms with E-state index in [4.69, 9.17) is 14.7 Å². The van der Waals surface area contributed by atoms with Gasteiger partial charge in [0.2, 0.25) is 5.88 Å². The number of likely N-dealkylation sites (tertiary alicyclic amines) is 1. The van der Waals surface area contributed by atoms with E-state index in [9.17, 15) is 4.79 Å². The van der Waals surface area contributed by atoms with Gasteiger partial charge in [-0.25, -0.2) is 9.78 Å². The third-order valence-corrected chi connectivity index (χ3v) is 4.75. The minimum absolute atomic E-state index is 0.00800. The lowest BCUT2D eigenvalue weighted by Gasteiger charge is -2.32. The van der Waals surface area contributed by atoms with E-state index in [2.05, 4.69) is 16.4 Å². The normalized spacial score (nSPS) is 20.9. The predicted molar refractivity (Wildman–Crippen MR) is 91.1 cm³/mol. The molecule has 0 bridgehead atoms. The Morgan fingerprint density at radius 2 is 2.28 bits per heavy atom. The van der Waals surface area contributed by atoms with Gasteiger partial charge < -0.3 is 19.7 Å². The highest BCUT2D eigenvalue weighted by Gasteiger charge is 2.24. The molecule has 2 aliphatic rings. The molecular formula is C18H24N4O3. The van der Waals surface area contributed by atoms with Crippen molar-refractivity contribution < 1.29 is 14.3 Å². The highest BCUT2D eigenvalue weighted by molar-refractivity contribution is 5.74. The third-order valence-electron chi connectivity index (χ3n) is 4.75. The summed E-state index contributed by atoms with van der Waals surface area (Å²) >= 11 is 0. The number of amides is 2. The van der Waals surface area contributed by atoms with Crippen LogP contribution in [0.4, 0.5) is 4.79 Å². The van der Waals surface area contributed by atoms with Crippen molar-refractivity contribution in [1.82, 2.24) is 15.2 Å². The average Bonchev–Trinajstić information content (AvgIpc) is 3.18. The van der Waals surface area contributed by atoms with Crippen LogP contribution in [0.5, 0.6) is 5.88 Å². The minimum atomic E-state index is -0.00800. The first-order valence-electron chi connectivity index (χ1n) is 8.88. The van der Waals surface area contributed by atoms with Crippen molar-refractivity contribution in [1.29, 1.82) is 5.26 Å². The molecule has 0 saturated carbocycles. The molecule has 0 aliphatic carbocycles. The Kier molecular flexibility index (Phi) is 6.07. The fraction of sp³-hybridized carbons (Fsp3) is 0.611. The smallest absolute Gasteiger partial charge is 0.317 e. The molecule has 1 aromatic rings. The van der Waals surface area contributed by atoms with Crippen LogP contribution in [0.2, 0.25) is 0 Å². The van der Waals surface area contributed by atoms with E-state index in [0.29, 0.717) is 30.5 Å². The first kappa shape index (κ1) is 17.5. The number of carbonyl (C=O) groups excluding carboxylic acids is 1. The number of nitrogens with one attached hydrogen (secondary N) is 1. The number of nitriles is 1. The van der Waals surface area contributed by atoms with E-state index >= 15 is 0 Å². The summed E-state index contributed by atoms with van der Waals surface area (Å²) in [5, 5.41) is 12.0. The molecule has 1 atom stereocenters. The Hall–Kier alpha value is -2.33. The number of rotatable bonds is 5. The maximum absolute atomic E-state index is 12.2. The molecule has 0 aromatic carbocycles. The largest absolute Gasteiger partial charge is 0.476 e. The summed E-state index contributed by atoms with van der Waals surface area (Å²) in [4.78, 5) is 18.2. The van der Waals surface area contributed by atoms with Gasteiger partial charge in [-0.05, 0) is 43.7 Å². The van der Waals surface area contributed by atoms with Crippen molar-refractivity contribution in [2.75, 3.05) is 32.8 Å². The van der Waals surface area contributed by atoms with Crippen LogP contribution in [0.15, 0.2) is 18.3 Å². The van der Waals surface area contributed by atoms with Crippen LogP contribution in [-0.2, 0) is 4.74 Å². The Bertz CT molecular complexity index is 617. The van der Waals surface area contributed by atoms with Gasteiger partial charge in [-0.15, -0.1) is 0 Å². The molecule has 7 nitrogen and oxygen atoms in total. The first-order valence-corrected chi connectivity index (χ1v) is 8.88. The van der Waals surface area contributed by atoms with Crippen LogP contribution in [-0.4, -0.2) is 54.9 Å². The Morgan fingerprint density at radius 1 is 1.44 bits per heavy atom. The van der Waals surface area contributed by atoms with Gasteiger partial charge in [0, 0.05) is 32.4 Å². The first-order chi connectivity index (χ1) is 12.3. The highest BCUT2D eigenvalue weighted by atomic mass is 16.5. The number of ether oxygens (including phenoxy) is 2. The molecule has 2 amide bonds. The predicted octanol–water partition coefficient (Wildman–Crippen LogP) is 1.93. The zero-order valence-electron chi connectivity index (χ0n) is 14.3. The molecule has 2 aliphatic heterocycles. The summed E-state index contributed by atoms with van der Waals surface area (Å²) in [6.45, 7) is 3.36. The molecule has 2 fully saturated rings. The number of hydrogen-bond donors (Lipinski definition) is 1. The number of carbonyl (C=O) groups is 1. The van der Waals surface area contributed by atoms with E-state index in [1.165, 1.54) is 0 Å². The third kappa shape index (κ3) is 4.83. The van der Waals surface area contributed by atoms with Gasteiger partial charge in [-0.1, -0.05) is 0 Å². The van der Waals surface area contributed by atoms with E-state index in [1.54, 1.807) is 18.3 Å². The SMILES string of the molecule is N#Cc1cccnc1OCC1CCN(C(=O)NCC2CCCO2)CC1. The van der Waals surface area contributed by atoms with Gasteiger partial charge in [0.15, 0.2) is 0 Å². The van der Waals surface area contributed by atoms with E-state index in [1.807, 2.05) is 4.90 Å². The lowest BCUT2D eigenvalue weighted by atomic mass is 9.98. The zero-order chi connectivity index (χ0) is 17.5. The van der Waals surface area contributed by atoms with Gasteiger partial charge >= 0.3 is 6.03 Å². The van der Waals surface area contributed by atoms with Gasteiger partial charge in [0.1, 0.15) is 11.6 Å². The second kappa shape index (κ2) is 8.67. The quantitative estimate of drug-likeness (QED) is 0.882. The molecule has 1 N–H and O–H groups in total. The summed E-state index contributed by atoms with van der Waals surface area (Å²) in [6, 6.07) is 5.49. The molecule has 134 valence electrons. The van der Waals surface area contributed by atoms with Crippen molar-refractivity contribution in [2.45, 2.75) is 31.8 Å². The summed E-state index contributed by atoms with van der Waals surface area (Å²) in [5.41, 5.74) is 0.452. The lowest BCUT2D eigenvalue weighted by molar-refractivity contribution is 0.105. The molecule has 25 heavy (non-hydrogen) atoms. The second-order valence-electron chi connectivity index (χ2n) is 6.53. The van der Waals surface area contributed by atoms with Crippen LogP contribution < -0.4 is 10.1 Å².